The van der Waals surface area contributed by atoms with Gasteiger partial charge < -0.3 is 14.6 Å². The Morgan fingerprint density at radius 3 is 2.84 bits per heavy atom. The molecule has 1 aliphatic rings. The minimum absolute atomic E-state index is 0.228. The number of carbonyl (C=O) groups is 1. The Bertz CT molecular complexity index is 712. The number of imidazole rings is 1. The maximum atomic E-state index is 12.4. The molecule has 0 bridgehead atoms. The Balaban J connectivity index is 1.58. The second kappa shape index (κ2) is 8.50. The molecule has 1 aromatic heterocycles. The van der Waals surface area contributed by atoms with Crippen molar-refractivity contribution in [2.24, 2.45) is 0 Å². The molecule has 2 heterocycles. The van der Waals surface area contributed by atoms with Crippen LogP contribution in [0, 0.1) is 0 Å². The highest BCUT2D eigenvalue weighted by atomic mass is 35.5. The number of carbonyl (C=O) groups excluding carboxylic acids is 1. The number of rotatable bonds is 7. The van der Waals surface area contributed by atoms with Gasteiger partial charge in [0.2, 0.25) is 5.91 Å². The van der Waals surface area contributed by atoms with Gasteiger partial charge in [-0.3, -0.25) is 4.79 Å². The molecule has 6 heteroatoms. The molecule has 134 valence electrons. The van der Waals surface area contributed by atoms with Crippen molar-refractivity contribution in [3.63, 3.8) is 0 Å². The fourth-order valence-electron chi connectivity index (χ4n) is 3.11. The quantitative estimate of drug-likeness (QED) is 0.762. The average Bonchev–Trinajstić information content (AvgIpc) is 3.05. The number of unbranched alkanes of at least 4 members (excludes halogenated alkanes) is 2. The topological polar surface area (TPSA) is 58.2 Å². The van der Waals surface area contributed by atoms with Gasteiger partial charge in [-0.15, -0.1) is 0 Å². The Hall–Kier alpha value is -1.85. The average molecular weight is 362 g/mol. The Morgan fingerprint density at radius 2 is 2.08 bits per heavy atom. The standard InChI is InChI=1S/C19H24ClN3O2/c1-25-12-4-2-3-5-18(24)23-11-10-16-17(13-23)22-19(21-16)14-6-8-15(20)9-7-14/h6-9H,2-5,10-13H2,1H3,(H,21,22). The molecule has 0 unspecified atom stereocenters. The van der Waals surface area contributed by atoms with Crippen LogP contribution in [0.5, 0.6) is 0 Å². The number of aromatic nitrogens is 2. The van der Waals surface area contributed by atoms with Crippen LogP contribution < -0.4 is 0 Å². The van der Waals surface area contributed by atoms with Crippen molar-refractivity contribution in [3.8, 4) is 11.4 Å². The highest BCUT2D eigenvalue weighted by Gasteiger charge is 2.23. The highest BCUT2D eigenvalue weighted by Crippen LogP contribution is 2.24. The van der Waals surface area contributed by atoms with E-state index >= 15 is 0 Å². The van der Waals surface area contributed by atoms with E-state index in [1.165, 1.54) is 0 Å². The largest absolute Gasteiger partial charge is 0.385 e. The molecule has 0 radical (unpaired) electrons. The van der Waals surface area contributed by atoms with Crippen LogP contribution in [0.25, 0.3) is 11.4 Å². The number of aromatic amines is 1. The monoisotopic (exact) mass is 361 g/mol. The summed E-state index contributed by atoms with van der Waals surface area (Å²) in [5.41, 5.74) is 3.12. The van der Waals surface area contributed by atoms with Crippen LogP contribution in [0.3, 0.4) is 0 Å². The van der Waals surface area contributed by atoms with Crippen LogP contribution in [0.2, 0.25) is 5.02 Å². The number of H-pyrrole nitrogens is 1. The normalized spacial score (nSPS) is 13.8. The molecule has 1 amide bonds. The molecular formula is C19H24ClN3O2. The van der Waals surface area contributed by atoms with Gasteiger partial charge in [0.05, 0.1) is 17.9 Å². The van der Waals surface area contributed by atoms with E-state index in [4.69, 9.17) is 16.3 Å². The molecule has 0 saturated heterocycles. The summed E-state index contributed by atoms with van der Waals surface area (Å²) in [4.78, 5) is 22.4. The number of nitrogens with zero attached hydrogens (tertiary/aromatic N) is 2. The molecule has 0 saturated carbocycles. The number of nitrogens with one attached hydrogen (secondary N) is 1. The third-order valence-electron chi connectivity index (χ3n) is 4.54. The summed E-state index contributed by atoms with van der Waals surface area (Å²) < 4.78 is 5.04. The van der Waals surface area contributed by atoms with Crippen LogP contribution in [0.15, 0.2) is 24.3 Å². The second-order valence-corrected chi connectivity index (χ2v) is 6.82. The van der Waals surface area contributed by atoms with Gasteiger partial charge in [-0.25, -0.2) is 4.98 Å². The fourth-order valence-corrected chi connectivity index (χ4v) is 3.23. The minimum Gasteiger partial charge on any atom is -0.385 e. The molecule has 1 aromatic carbocycles. The second-order valence-electron chi connectivity index (χ2n) is 6.39. The zero-order valence-electron chi connectivity index (χ0n) is 14.6. The van der Waals surface area contributed by atoms with Gasteiger partial charge in [0, 0.05) is 43.7 Å². The van der Waals surface area contributed by atoms with E-state index in [2.05, 4.69) is 9.97 Å². The van der Waals surface area contributed by atoms with Crippen LogP contribution in [-0.2, 0) is 22.5 Å². The minimum atomic E-state index is 0.228. The van der Waals surface area contributed by atoms with Crippen molar-refractivity contribution in [1.29, 1.82) is 0 Å². The van der Waals surface area contributed by atoms with E-state index < -0.39 is 0 Å². The number of ether oxygens (including phenoxy) is 1. The van der Waals surface area contributed by atoms with Gasteiger partial charge in [0.1, 0.15) is 5.82 Å². The number of halogens is 1. The summed E-state index contributed by atoms with van der Waals surface area (Å²) in [5, 5.41) is 0.711. The third kappa shape index (κ3) is 4.61. The third-order valence-corrected chi connectivity index (χ3v) is 4.79. The first-order valence-corrected chi connectivity index (χ1v) is 9.15. The molecule has 5 nitrogen and oxygen atoms in total. The van der Waals surface area contributed by atoms with Crippen LogP contribution in [0.4, 0.5) is 0 Å². The molecule has 1 N–H and O–H groups in total. The lowest BCUT2D eigenvalue weighted by Crippen LogP contribution is -2.35. The van der Waals surface area contributed by atoms with E-state index in [9.17, 15) is 4.79 Å². The van der Waals surface area contributed by atoms with Gasteiger partial charge in [-0.05, 0) is 37.1 Å². The van der Waals surface area contributed by atoms with Gasteiger partial charge in [0.25, 0.3) is 0 Å². The van der Waals surface area contributed by atoms with Gasteiger partial charge >= 0.3 is 0 Å². The summed E-state index contributed by atoms with van der Waals surface area (Å²) >= 11 is 5.94. The summed E-state index contributed by atoms with van der Waals surface area (Å²) in [7, 11) is 1.71. The lowest BCUT2D eigenvalue weighted by molar-refractivity contribution is -0.132. The first-order valence-electron chi connectivity index (χ1n) is 8.78. The van der Waals surface area contributed by atoms with Crippen LogP contribution in [-0.4, -0.2) is 41.0 Å². The molecule has 0 spiro atoms. The maximum Gasteiger partial charge on any atom is 0.222 e. The Morgan fingerprint density at radius 1 is 1.28 bits per heavy atom. The van der Waals surface area contributed by atoms with Crippen molar-refractivity contribution in [2.75, 3.05) is 20.3 Å². The number of fused-ring (bicyclic) bond motifs is 1. The van der Waals surface area contributed by atoms with E-state index in [0.29, 0.717) is 18.0 Å². The number of methoxy groups -OCH3 is 1. The van der Waals surface area contributed by atoms with Crippen LogP contribution in [0.1, 0.15) is 37.1 Å². The number of hydrogen-bond acceptors (Lipinski definition) is 3. The zero-order chi connectivity index (χ0) is 17.6. The fraction of sp³-hybridized carbons (Fsp3) is 0.474. The summed E-state index contributed by atoms with van der Waals surface area (Å²) in [6, 6.07) is 7.63. The molecular weight excluding hydrogens is 338 g/mol. The molecule has 2 aromatic rings. The molecule has 25 heavy (non-hydrogen) atoms. The maximum absolute atomic E-state index is 12.4. The van der Waals surface area contributed by atoms with E-state index in [1.807, 2.05) is 29.2 Å². The molecule has 1 aliphatic heterocycles. The van der Waals surface area contributed by atoms with Crippen molar-refractivity contribution in [2.45, 2.75) is 38.6 Å². The van der Waals surface area contributed by atoms with Crippen molar-refractivity contribution in [3.05, 3.63) is 40.7 Å². The van der Waals surface area contributed by atoms with Crippen molar-refractivity contribution < 1.29 is 9.53 Å². The lowest BCUT2D eigenvalue weighted by Gasteiger charge is -2.26. The molecule has 0 atom stereocenters. The van der Waals surface area contributed by atoms with E-state index in [-0.39, 0.29) is 5.91 Å². The van der Waals surface area contributed by atoms with E-state index in [1.54, 1.807) is 7.11 Å². The SMILES string of the molecule is COCCCCCC(=O)N1CCc2nc(-c3ccc(Cl)cc3)[nH]c2C1. The summed E-state index contributed by atoms with van der Waals surface area (Å²) in [5.74, 6) is 1.07. The van der Waals surface area contributed by atoms with Crippen molar-refractivity contribution in [1.82, 2.24) is 14.9 Å². The number of benzene rings is 1. The zero-order valence-corrected chi connectivity index (χ0v) is 15.3. The first-order chi connectivity index (χ1) is 12.2. The van der Waals surface area contributed by atoms with Crippen molar-refractivity contribution >= 4 is 17.5 Å². The summed E-state index contributed by atoms with van der Waals surface area (Å²) in [6.45, 7) is 2.13. The Labute approximate surface area is 153 Å². The highest BCUT2D eigenvalue weighted by molar-refractivity contribution is 6.30. The Kier molecular flexibility index (Phi) is 6.10. The lowest BCUT2D eigenvalue weighted by atomic mass is 10.1. The van der Waals surface area contributed by atoms with Gasteiger partial charge in [-0.1, -0.05) is 18.0 Å². The molecule has 3 rings (SSSR count). The molecule has 0 aliphatic carbocycles. The predicted molar refractivity (Wildman–Crippen MR) is 98.5 cm³/mol. The summed E-state index contributed by atoms with van der Waals surface area (Å²) in [6.07, 6.45) is 4.37. The van der Waals surface area contributed by atoms with Gasteiger partial charge in [-0.2, -0.15) is 0 Å². The van der Waals surface area contributed by atoms with Gasteiger partial charge in [0.15, 0.2) is 0 Å². The number of hydrogen-bond donors (Lipinski definition) is 1. The molecule has 0 fully saturated rings. The smallest absolute Gasteiger partial charge is 0.222 e. The van der Waals surface area contributed by atoms with E-state index in [0.717, 1.165) is 61.6 Å². The number of amides is 1. The van der Waals surface area contributed by atoms with Crippen LogP contribution >= 0.6 is 11.6 Å². The predicted octanol–water partition coefficient (Wildman–Crippen LogP) is 3.82. The first kappa shape index (κ1) is 18.0.